The molecule has 0 aromatic carbocycles. The third kappa shape index (κ3) is 3.57. The number of amidine groups is 1. The van der Waals surface area contributed by atoms with E-state index in [9.17, 15) is 9.59 Å². The number of hydrogen-bond donors (Lipinski definition) is 1. The van der Waals surface area contributed by atoms with Crippen LogP contribution in [-0.2, 0) is 9.53 Å². The van der Waals surface area contributed by atoms with Crippen molar-refractivity contribution >= 4 is 17.8 Å². The molecule has 6 nitrogen and oxygen atoms in total. The normalized spacial score (nSPS) is 18.2. The fourth-order valence-corrected chi connectivity index (χ4v) is 1.50. The topological polar surface area (TPSA) is 85.0 Å². The Morgan fingerprint density at radius 1 is 1.60 bits per heavy atom. The molecule has 0 bridgehead atoms. The highest BCUT2D eigenvalue weighted by atomic mass is 16.5. The van der Waals surface area contributed by atoms with Gasteiger partial charge in [0.15, 0.2) is 0 Å². The average molecular weight is 213 g/mol. The van der Waals surface area contributed by atoms with Crippen LogP contribution in [0.4, 0.5) is 4.79 Å². The summed E-state index contributed by atoms with van der Waals surface area (Å²) in [5.41, 5.74) is 4.95. The molecular formula is C9H15N3O3. The second-order valence-electron chi connectivity index (χ2n) is 3.20. The number of primary amides is 1. The fourth-order valence-electron chi connectivity index (χ4n) is 1.50. The molecule has 0 saturated carbocycles. The lowest BCUT2D eigenvalue weighted by atomic mass is 10.4. The zero-order valence-electron chi connectivity index (χ0n) is 8.73. The summed E-state index contributed by atoms with van der Waals surface area (Å²) in [6, 6.07) is -0.722. The van der Waals surface area contributed by atoms with Crippen molar-refractivity contribution in [3.8, 4) is 0 Å². The SMILES string of the molecule is CCOC(=O)CN1CCC/C1=N\C(N)=O. The quantitative estimate of drug-likeness (QED) is 0.675. The van der Waals surface area contributed by atoms with Crippen molar-refractivity contribution in [2.75, 3.05) is 19.7 Å². The first-order valence-electron chi connectivity index (χ1n) is 4.91. The average Bonchev–Trinajstić information content (AvgIpc) is 2.52. The lowest BCUT2D eigenvalue weighted by molar-refractivity contribution is -0.143. The molecule has 1 saturated heterocycles. The van der Waals surface area contributed by atoms with Gasteiger partial charge in [0, 0.05) is 13.0 Å². The highest BCUT2D eigenvalue weighted by Gasteiger charge is 2.21. The van der Waals surface area contributed by atoms with Crippen LogP contribution in [0.15, 0.2) is 4.99 Å². The Bertz CT molecular complexity index is 288. The molecule has 0 aromatic rings. The van der Waals surface area contributed by atoms with Gasteiger partial charge >= 0.3 is 12.0 Å². The molecule has 0 radical (unpaired) electrons. The van der Waals surface area contributed by atoms with Crippen LogP contribution < -0.4 is 5.73 Å². The second-order valence-corrected chi connectivity index (χ2v) is 3.20. The van der Waals surface area contributed by atoms with E-state index in [1.165, 1.54) is 0 Å². The molecule has 15 heavy (non-hydrogen) atoms. The summed E-state index contributed by atoms with van der Waals surface area (Å²) in [6.07, 6.45) is 1.56. The maximum Gasteiger partial charge on any atom is 0.339 e. The van der Waals surface area contributed by atoms with E-state index in [1.54, 1.807) is 11.8 Å². The molecule has 1 fully saturated rings. The van der Waals surface area contributed by atoms with Crippen molar-refractivity contribution in [1.29, 1.82) is 0 Å². The number of aliphatic imine (C=N–C) groups is 1. The van der Waals surface area contributed by atoms with E-state index in [0.717, 1.165) is 6.42 Å². The van der Waals surface area contributed by atoms with Gasteiger partial charge in [-0.1, -0.05) is 0 Å². The molecule has 1 aliphatic heterocycles. The first-order chi connectivity index (χ1) is 7.13. The number of rotatable bonds is 3. The van der Waals surface area contributed by atoms with Crippen molar-refractivity contribution in [2.45, 2.75) is 19.8 Å². The molecule has 1 heterocycles. The van der Waals surface area contributed by atoms with Crippen LogP contribution in [0.5, 0.6) is 0 Å². The van der Waals surface area contributed by atoms with Crippen LogP contribution in [0.1, 0.15) is 19.8 Å². The molecule has 0 unspecified atom stereocenters. The van der Waals surface area contributed by atoms with E-state index in [1.807, 2.05) is 0 Å². The number of nitrogens with zero attached hydrogens (tertiary/aromatic N) is 2. The van der Waals surface area contributed by atoms with Gasteiger partial charge in [-0.05, 0) is 13.3 Å². The maximum atomic E-state index is 11.2. The third-order valence-electron chi connectivity index (χ3n) is 2.06. The van der Waals surface area contributed by atoms with Gasteiger partial charge in [0.2, 0.25) is 0 Å². The van der Waals surface area contributed by atoms with Gasteiger partial charge in [0.05, 0.1) is 6.61 Å². The Morgan fingerprint density at radius 2 is 2.33 bits per heavy atom. The molecule has 0 aliphatic carbocycles. The monoisotopic (exact) mass is 213 g/mol. The number of ether oxygens (including phenoxy) is 1. The summed E-state index contributed by atoms with van der Waals surface area (Å²) in [5.74, 6) is 0.270. The minimum Gasteiger partial charge on any atom is -0.465 e. The largest absolute Gasteiger partial charge is 0.465 e. The number of esters is 1. The molecule has 1 aliphatic rings. The molecular weight excluding hydrogens is 198 g/mol. The zero-order valence-corrected chi connectivity index (χ0v) is 8.73. The molecule has 0 aromatic heterocycles. The number of likely N-dealkylation sites (tertiary alicyclic amines) is 1. The van der Waals surface area contributed by atoms with Crippen LogP contribution in [0.3, 0.4) is 0 Å². The Hall–Kier alpha value is -1.59. The highest BCUT2D eigenvalue weighted by Crippen LogP contribution is 2.11. The molecule has 0 spiro atoms. The Morgan fingerprint density at radius 3 is 2.93 bits per heavy atom. The van der Waals surface area contributed by atoms with E-state index in [-0.39, 0.29) is 12.5 Å². The number of urea groups is 1. The van der Waals surface area contributed by atoms with Gasteiger partial charge < -0.3 is 15.4 Å². The Kier molecular flexibility index (Phi) is 4.08. The van der Waals surface area contributed by atoms with E-state index in [0.29, 0.717) is 25.4 Å². The predicted octanol–water partition coefficient (Wildman–Crippen LogP) is 0.123. The van der Waals surface area contributed by atoms with Crippen molar-refractivity contribution in [1.82, 2.24) is 4.90 Å². The van der Waals surface area contributed by atoms with Crippen molar-refractivity contribution < 1.29 is 14.3 Å². The van der Waals surface area contributed by atoms with Gasteiger partial charge in [-0.15, -0.1) is 0 Å². The third-order valence-corrected chi connectivity index (χ3v) is 2.06. The highest BCUT2D eigenvalue weighted by molar-refractivity contribution is 5.95. The lowest BCUT2D eigenvalue weighted by Gasteiger charge is -2.16. The van der Waals surface area contributed by atoms with Crippen molar-refractivity contribution in [3.63, 3.8) is 0 Å². The molecule has 2 N–H and O–H groups in total. The first-order valence-corrected chi connectivity index (χ1v) is 4.91. The summed E-state index contributed by atoms with van der Waals surface area (Å²) in [6.45, 7) is 2.96. The summed E-state index contributed by atoms with van der Waals surface area (Å²) in [7, 11) is 0. The summed E-state index contributed by atoms with van der Waals surface area (Å²) < 4.78 is 4.81. The molecule has 84 valence electrons. The molecule has 0 atom stereocenters. The predicted molar refractivity (Wildman–Crippen MR) is 54.5 cm³/mol. The van der Waals surface area contributed by atoms with E-state index in [2.05, 4.69) is 4.99 Å². The summed E-state index contributed by atoms with van der Waals surface area (Å²) in [4.78, 5) is 27.2. The van der Waals surface area contributed by atoms with Gasteiger partial charge in [-0.25, -0.2) is 4.79 Å². The standard InChI is InChI=1S/C9H15N3O3/c1-2-15-8(13)6-12-5-3-4-7(12)11-9(10)14/h2-6H2,1H3,(H2,10,14)/b11-7+. The van der Waals surface area contributed by atoms with Crippen molar-refractivity contribution in [3.05, 3.63) is 0 Å². The van der Waals surface area contributed by atoms with Crippen molar-refractivity contribution in [2.24, 2.45) is 10.7 Å². The Balaban J connectivity index is 2.53. The van der Waals surface area contributed by atoms with Gasteiger partial charge in [0.25, 0.3) is 0 Å². The minimum atomic E-state index is -0.722. The number of carbonyl (C=O) groups is 2. The summed E-state index contributed by atoms with van der Waals surface area (Å²) >= 11 is 0. The lowest BCUT2D eigenvalue weighted by Crippen LogP contribution is -2.33. The van der Waals surface area contributed by atoms with Gasteiger partial charge in [-0.3, -0.25) is 4.79 Å². The van der Waals surface area contributed by atoms with Crippen LogP contribution in [0, 0.1) is 0 Å². The van der Waals surface area contributed by atoms with Crippen LogP contribution in [0.25, 0.3) is 0 Å². The second kappa shape index (κ2) is 5.33. The molecule has 6 heteroatoms. The number of amides is 2. The van der Waals surface area contributed by atoms with Gasteiger partial charge in [0.1, 0.15) is 12.4 Å². The Labute approximate surface area is 88.1 Å². The van der Waals surface area contributed by atoms with Crippen LogP contribution in [0.2, 0.25) is 0 Å². The van der Waals surface area contributed by atoms with Crippen LogP contribution in [-0.4, -0.2) is 42.4 Å². The van der Waals surface area contributed by atoms with E-state index >= 15 is 0 Å². The van der Waals surface area contributed by atoms with E-state index < -0.39 is 6.03 Å². The first kappa shape index (κ1) is 11.5. The van der Waals surface area contributed by atoms with E-state index in [4.69, 9.17) is 10.5 Å². The molecule has 1 rings (SSSR count). The van der Waals surface area contributed by atoms with Crippen LogP contribution >= 0.6 is 0 Å². The number of hydrogen-bond acceptors (Lipinski definition) is 3. The molecule has 2 amide bonds. The smallest absolute Gasteiger partial charge is 0.339 e. The number of nitrogens with two attached hydrogens (primary N) is 1. The zero-order chi connectivity index (χ0) is 11.3. The maximum absolute atomic E-state index is 11.2. The fraction of sp³-hybridized carbons (Fsp3) is 0.667. The van der Waals surface area contributed by atoms with Gasteiger partial charge in [-0.2, -0.15) is 4.99 Å². The summed E-state index contributed by atoms with van der Waals surface area (Å²) in [5, 5.41) is 0. The number of carbonyl (C=O) groups excluding carboxylic acids is 2. The minimum absolute atomic E-state index is 0.139.